The minimum Gasteiger partial charge on any atom is -0.352 e. The second kappa shape index (κ2) is 9.22. The van der Waals surface area contributed by atoms with E-state index in [0.29, 0.717) is 32.4 Å². The quantitative estimate of drug-likeness (QED) is 0.774. The zero-order valence-corrected chi connectivity index (χ0v) is 18.3. The van der Waals surface area contributed by atoms with Crippen LogP contribution >= 0.6 is 0 Å². The number of benzene rings is 2. The minimum absolute atomic E-state index is 0.0336. The van der Waals surface area contributed by atoms with Gasteiger partial charge in [0.25, 0.3) is 0 Å². The monoisotopic (exact) mass is 440 g/mol. The summed E-state index contributed by atoms with van der Waals surface area (Å²) in [6.45, 7) is 1.05. The summed E-state index contributed by atoms with van der Waals surface area (Å²) in [6, 6.07) is 19.3. The maximum atomic E-state index is 13.5. The summed E-state index contributed by atoms with van der Waals surface area (Å²) in [5, 5.41) is 2.90. The van der Waals surface area contributed by atoms with Gasteiger partial charge >= 0.3 is 0 Å². The van der Waals surface area contributed by atoms with Crippen LogP contribution in [0.1, 0.15) is 36.3 Å². The first-order chi connectivity index (χ1) is 14.9. The zero-order chi connectivity index (χ0) is 21.8. The maximum Gasteiger partial charge on any atom is 0.234 e. The van der Waals surface area contributed by atoms with Crippen LogP contribution in [0.3, 0.4) is 0 Å². The topological polar surface area (TPSA) is 83.6 Å². The summed E-state index contributed by atoms with van der Waals surface area (Å²) >= 11 is 0. The standard InChI is InChI=1S/C24H28N2O4S/c27-23(25-21-13-16-31(29,30)17-21)20-11-14-26(15-12-20)24(28)22(18-7-3-1-4-8-18)19-9-5-2-6-10-19/h1-10,20-22H,11-17H2,(H,25,27)/t21-/m0/s1. The molecule has 2 aromatic rings. The maximum absolute atomic E-state index is 13.5. The number of carbonyl (C=O) groups is 2. The van der Waals surface area contributed by atoms with Crippen molar-refractivity contribution in [3.8, 4) is 0 Å². The van der Waals surface area contributed by atoms with E-state index in [1.165, 1.54) is 0 Å². The van der Waals surface area contributed by atoms with Crippen molar-refractivity contribution in [2.24, 2.45) is 5.92 Å². The lowest BCUT2D eigenvalue weighted by Crippen LogP contribution is -2.46. The van der Waals surface area contributed by atoms with Crippen LogP contribution in [0.25, 0.3) is 0 Å². The molecular weight excluding hydrogens is 412 g/mol. The van der Waals surface area contributed by atoms with E-state index < -0.39 is 9.84 Å². The fourth-order valence-corrected chi connectivity index (χ4v) is 6.21. The first-order valence-electron chi connectivity index (χ1n) is 10.8. The Bertz CT molecular complexity index is 977. The molecular formula is C24H28N2O4S. The lowest BCUT2D eigenvalue weighted by molar-refractivity contribution is -0.136. The van der Waals surface area contributed by atoms with Gasteiger partial charge in [-0.2, -0.15) is 0 Å². The highest BCUT2D eigenvalue weighted by Gasteiger charge is 2.34. The molecule has 1 N–H and O–H groups in total. The van der Waals surface area contributed by atoms with Crippen LogP contribution in [0, 0.1) is 5.92 Å². The molecule has 0 unspecified atom stereocenters. The number of rotatable bonds is 5. The molecule has 0 saturated carbocycles. The molecule has 2 saturated heterocycles. The van der Waals surface area contributed by atoms with Crippen molar-refractivity contribution in [3.63, 3.8) is 0 Å². The number of sulfone groups is 1. The molecule has 2 aliphatic heterocycles. The van der Waals surface area contributed by atoms with Gasteiger partial charge in [0.2, 0.25) is 11.8 Å². The number of nitrogens with one attached hydrogen (secondary N) is 1. The van der Waals surface area contributed by atoms with Crippen molar-refractivity contribution < 1.29 is 18.0 Å². The molecule has 2 amide bonds. The van der Waals surface area contributed by atoms with Gasteiger partial charge in [0, 0.05) is 25.0 Å². The third-order valence-electron chi connectivity index (χ3n) is 6.27. The second-order valence-corrected chi connectivity index (χ2v) is 10.7. The smallest absolute Gasteiger partial charge is 0.234 e. The Morgan fingerprint density at radius 3 is 1.90 bits per heavy atom. The summed E-state index contributed by atoms with van der Waals surface area (Å²) < 4.78 is 23.2. The van der Waals surface area contributed by atoms with E-state index in [9.17, 15) is 18.0 Å². The van der Waals surface area contributed by atoms with Crippen LogP contribution in [0.5, 0.6) is 0 Å². The van der Waals surface area contributed by atoms with Crippen LogP contribution in [0.4, 0.5) is 0 Å². The number of amides is 2. The predicted octanol–water partition coefficient (Wildman–Crippen LogP) is 2.36. The van der Waals surface area contributed by atoms with E-state index in [1.807, 2.05) is 65.6 Å². The van der Waals surface area contributed by atoms with E-state index >= 15 is 0 Å². The lowest BCUT2D eigenvalue weighted by Gasteiger charge is -2.34. The fraction of sp³-hybridized carbons (Fsp3) is 0.417. The predicted molar refractivity (Wildman–Crippen MR) is 119 cm³/mol. The molecule has 0 radical (unpaired) electrons. The number of likely N-dealkylation sites (tertiary alicyclic amines) is 1. The molecule has 4 rings (SSSR count). The Morgan fingerprint density at radius 1 is 0.871 bits per heavy atom. The highest BCUT2D eigenvalue weighted by molar-refractivity contribution is 7.91. The van der Waals surface area contributed by atoms with Crippen molar-refractivity contribution in [2.45, 2.75) is 31.2 Å². The molecule has 31 heavy (non-hydrogen) atoms. The van der Waals surface area contributed by atoms with E-state index in [4.69, 9.17) is 0 Å². The van der Waals surface area contributed by atoms with E-state index in [0.717, 1.165) is 11.1 Å². The molecule has 2 fully saturated rings. The summed E-state index contributed by atoms with van der Waals surface area (Å²) in [5.74, 6) is -0.400. The fourth-order valence-electron chi connectivity index (χ4n) is 4.54. The average molecular weight is 441 g/mol. The van der Waals surface area contributed by atoms with Gasteiger partial charge in [-0.1, -0.05) is 60.7 Å². The van der Waals surface area contributed by atoms with Gasteiger partial charge in [0.15, 0.2) is 9.84 Å². The molecule has 1 atom stereocenters. The average Bonchev–Trinajstić information content (AvgIpc) is 3.13. The van der Waals surface area contributed by atoms with Crippen LogP contribution in [-0.2, 0) is 19.4 Å². The molecule has 0 bridgehead atoms. The third kappa shape index (κ3) is 5.15. The SMILES string of the molecule is O=C(N[C@H]1CCS(=O)(=O)C1)C1CCN(C(=O)C(c2ccccc2)c2ccccc2)CC1. The van der Waals surface area contributed by atoms with Crippen LogP contribution in [0.15, 0.2) is 60.7 Å². The molecule has 2 aromatic carbocycles. The minimum atomic E-state index is -3.02. The summed E-state index contributed by atoms with van der Waals surface area (Å²) in [5.41, 5.74) is 1.92. The number of hydrogen-bond acceptors (Lipinski definition) is 4. The number of piperidine rings is 1. The first-order valence-corrected chi connectivity index (χ1v) is 12.6. The Kier molecular flexibility index (Phi) is 6.41. The van der Waals surface area contributed by atoms with Gasteiger partial charge in [0.05, 0.1) is 17.4 Å². The van der Waals surface area contributed by atoms with Crippen molar-refractivity contribution in [1.82, 2.24) is 10.2 Å². The first kappa shape index (κ1) is 21.6. The van der Waals surface area contributed by atoms with E-state index in [2.05, 4.69) is 5.32 Å². The summed E-state index contributed by atoms with van der Waals surface area (Å²) in [4.78, 5) is 27.9. The molecule has 164 valence electrons. The van der Waals surface area contributed by atoms with Gasteiger partial charge in [-0.25, -0.2) is 8.42 Å². The Hall–Kier alpha value is -2.67. The third-order valence-corrected chi connectivity index (χ3v) is 8.04. The number of hydrogen-bond donors (Lipinski definition) is 1. The molecule has 2 aliphatic rings. The van der Waals surface area contributed by atoms with E-state index in [1.54, 1.807) is 0 Å². The normalized spacial score (nSPS) is 21.2. The van der Waals surface area contributed by atoms with Gasteiger partial charge in [-0.3, -0.25) is 9.59 Å². The Morgan fingerprint density at radius 2 is 1.42 bits per heavy atom. The summed E-state index contributed by atoms with van der Waals surface area (Å²) in [7, 11) is -3.02. The van der Waals surface area contributed by atoms with Gasteiger partial charge < -0.3 is 10.2 Å². The second-order valence-electron chi connectivity index (χ2n) is 8.46. The van der Waals surface area contributed by atoms with Crippen molar-refractivity contribution in [2.75, 3.05) is 24.6 Å². The lowest BCUT2D eigenvalue weighted by atomic mass is 9.88. The molecule has 6 nitrogen and oxygen atoms in total. The van der Waals surface area contributed by atoms with Crippen molar-refractivity contribution in [3.05, 3.63) is 71.8 Å². The van der Waals surface area contributed by atoms with Gasteiger partial charge in [-0.05, 0) is 30.4 Å². The van der Waals surface area contributed by atoms with Crippen LogP contribution < -0.4 is 5.32 Å². The zero-order valence-electron chi connectivity index (χ0n) is 17.4. The van der Waals surface area contributed by atoms with E-state index in [-0.39, 0.29) is 41.2 Å². The van der Waals surface area contributed by atoms with Crippen molar-refractivity contribution >= 4 is 21.7 Å². The largest absolute Gasteiger partial charge is 0.352 e. The highest BCUT2D eigenvalue weighted by atomic mass is 32.2. The van der Waals surface area contributed by atoms with Gasteiger partial charge in [-0.15, -0.1) is 0 Å². The van der Waals surface area contributed by atoms with Crippen LogP contribution in [0.2, 0.25) is 0 Å². The molecule has 0 aliphatic carbocycles. The van der Waals surface area contributed by atoms with Gasteiger partial charge in [0.1, 0.15) is 0 Å². The molecule has 0 spiro atoms. The molecule has 7 heteroatoms. The Balaban J connectivity index is 1.40. The number of carbonyl (C=O) groups excluding carboxylic acids is 2. The summed E-state index contributed by atoms with van der Waals surface area (Å²) in [6.07, 6.45) is 1.67. The Labute approximate surface area is 183 Å². The number of nitrogens with zero attached hydrogens (tertiary/aromatic N) is 1. The van der Waals surface area contributed by atoms with Crippen LogP contribution in [-0.4, -0.2) is 55.8 Å². The highest BCUT2D eigenvalue weighted by Crippen LogP contribution is 2.29. The van der Waals surface area contributed by atoms with Crippen molar-refractivity contribution in [1.29, 1.82) is 0 Å². The molecule has 0 aromatic heterocycles. The molecule has 2 heterocycles.